The van der Waals surface area contributed by atoms with E-state index in [1.807, 2.05) is 29.5 Å². The largest absolute Gasteiger partial charge is 0.338 e. The summed E-state index contributed by atoms with van der Waals surface area (Å²) in [5, 5.41) is 4.41. The van der Waals surface area contributed by atoms with Crippen LogP contribution in [0, 0.1) is 0 Å². The molecule has 0 saturated carbocycles. The Kier molecular flexibility index (Phi) is 3.28. The minimum atomic E-state index is -0.0612. The standard InChI is InChI=1S/C12H19N5/c1-4-9-7-11(17(3)15-9)10(13)8-12-14-5-6-16(12)2/h5-7,10H,4,8,13H2,1-3H3. The second kappa shape index (κ2) is 4.71. The van der Waals surface area contributed by atoms with Crippen molar-refractivity contribution in [2.24, 2.45) is 19.8 Å². The predicted molar refractivity (Wildman–Crippen MR) is 66.4 cm³/mol. The van der Waals surface area contributed by atoms with Gasteiger partial charge in [0.25, 0.3) is 0 Å². The average Bonchev–Trinajstić information content (AvgIpc) is 2.86. The normalized spacial score (nSPS) is 12.9. The van der Waals surface area contributed by atoms with Crippen molar-refractivity contribution in [3.63, 3.8) is 0 Å². The van der Waals surface area contributed by atoms with Gasteiger partial charge in [0.05, 0.1) is 17.4 Å². The number of imidazole rings is 1. The molecule has 0 aliphatic heterocycles. The minimum Gasteiger partial charge on any atom is -0.338 e. The van der Waals surface area contributed by atoms with Gasteiger partial charge in [0.1, 0.15) is 5.82 Å². The second-order valence-corrected chi connectivity index (χ2v) is 4.30. The topological polar surface area (TPSA) is 61.7 Å². The van der Waals surface area contributed by atoms with E-state index in [0.717, 1.165) is 30.1 Å². The number of nitrogens with zero attached hydrogens (tertiary/aromatic N) is 4. The maximum Gasteiger partial charge on any atom is 0.110 e. The summed E-state index contributed by atoms with van der Waals surface area (Å²) in [6, 6.07) is 2.02. The van der Waals surface area contributed by atoms with E-state index in [1.54, 1.807) is 6.20 Å². The van der Waals surface area contributed by atoms with Crippen molar-refractivity contribution in [2.75, 3.05) is 0 Å². The lowest BCUT2D eigenvalue weighted by Gasteiger charge is -2.11. The maximum atomic E-state index is 6.21. The molecule has 0 aromatic carbocycles. The molecule has 0 aliphatic rings. The van der Waals surface area contributed by atoms with Gasteiger partial charge < -0.3 is 10.3 Å². The van der Waals surface area contributed by atoms with Crippen LogP contribution >= 0.6 is 0 Å². The molecule has 5 nitrogen and oxygen atoms in total. The molecular formula is C12H19N5. The first kappa shape index (κ1) is 11.9. The molecule has 92 valence electrons. The summed E-state index contributed by atoms with van der Waals surface area (Å²) in [7, 11) is 3.92. The summed E-state index contributed by atoms with van der Waals surface area (Å²) in [5.41, 5.74) is 8.35. The Morgan fingerprint density at radius 2 is 2.18 bits per heavy atom. The molecule has 0 bridgehead atoms. The van der Waals surface area contributed by atoms with Crippen molar-refractivity contribution < 1.29 is 0 Å². The average molecular weight is 233 g/mol. The molecule has 2 aromatic rings. The van der Waals surface area contributed by atoms with Crippen molar-refractivity contribution in [2.45, 2.75) is 25.8 Å². The van der Waals surface area contributed by atoms with Crippen molar-refractivity contribution >= 4 is 0 Å². The minimum absolute atomic E-state index is 0.0612. The molecule has 2 rings (SSSR count). The Labute approximate surface area is 101 Å². The molecule has 1 atom stereocenters. The highest BCUT2D eigenvalue weighted by Gasteiger charge is 2.14. The van der Waals surface area contributed by atoms with E-state index in [4.69, 9.17) is 5.73 Å². The smallest absolute Gasteiger partial charge is 0.110 e. The quantitative estimate of drug-likeness (QED) is 0.855. The van der Waals surface area contributed by atoms with Crippen LogP contribution in [0.15, 0.2) is 18.5 Å². The number of aromatic nitrogens is 4. The van der Waals surface area contributed by atoms with Crippen molar-refractivity contribution in [1.82, 2.24) is 19.3 Å². The van der Waals surface area contributed by atoms with Gasteiger partial charge in [-0.05, 0) is 12.5 Å². The Hall–Kier alpha value is -1.62. The number of nitrogens with two attached hydrogens (primary N) is 1. The number of hydrogen-bond donors (Lipinski definition) is 1. The van der Waals surface area contributed by atoms with Crippen molar-refractivity contribution in [3.8, 4) is 0 Å². The summed E-state index contributed by atoms with van der Waals surface area (Å²) in [4.78, 5) is 4.29. The molecular weight excluding hydrogens is 214 g/mol. The van der Waals surface area contributed by atoms with E-state index in [2.05, 4.69) is 23.1 Å². The summed E-state index contributed by atoms with van der Waals surface area (Å²) >= 11 is 0. The molecule has 5 heteroatoms. The summed E-state index contributed by atoms with van der Waals surface area (Å²) in [6.45, 7) is 2.09. The predicted octanol–water partition coefficient (Wildman–Crippen LogP) is 0.958. The Bertz CT molecular complexity index is 497. The number of rotatable bonds is 4. The van der Waals surface area contributed by atoms with Crippen LogP contribution in [0.25, 0.3) is 0 Å². The van der Waals surface area contributed by atoms with Crippen LogP contribution in [-0.4, -0.2) is 19.3 Å². The molecule has 0 saturated heterocycles. The first-order valence-corrected chi connectivity index (χ1v) is 5.86. The fraction of sp³-hybridized carbons (Fsp3) is 0.500. The number of hydrogen-bond acceptors (Lipinski definition) is 3. The van der Waals surface area contributed by atoms with Gasteiger partial charge in [-0.15, -0.1) is 0 Å². The zero-order valence-corrected chi connectivity index (χ0v) is 10.6. The molecule has 2 N–H and O–H groups in total. The van der Waals surface area contributed by atoms with Gasteiger partial charge in [0.15, 0.2) is 0 Å². The molecule has 2 heterocycles. The first-order chi connectivity index (χ1) is 8.11. The van der Waals surface area contributed by atoms with Crippen LogP contribution in [-0.2, 0) is 26.9 Å². The zero-order valence-electron chi connectivity index (χ0n) is 10.6. The van der Waals surface area contributed by atoms with Gasteiger partial charge in [-0.3, -0.25) is 4.68 Å². The molecule has 0 spiro atoms. The lowest BCUT2D eigenvalue weighted by Crippen LogP contribution is -2.18. The fourth-order valence-corrected chi connectivity index (χ4v) is 1.96. The summed E-state index contributed by atoms with van der Waals surface area (Å²) in [5.74, 6) is 0.997. The lowest BCUT2D eigenvalue weighted by molar-refractivity contribution is 0.591. The molecule has 1 unspecified atom stereocenters. The first-order valence-electron chi connectivity index (χ1n) is 5.86. The van der Waals surface area contributed by atoms with Crippen LogP contribution < -0.4 is 5.73 Å². The van der Waals surface area contributed by atoms with Gasteiger partial charge >= 0.3 is 0 Å². The van der Waals surface area contributed by atoms with E-state index >= 15 is 0 Å². The summed E-state index contributed by atoms with van der Waals surface area (Å²) < 4.78 is 3.86. The Morgan fingerprint density at radius 3 is 2.71 bits per heavy atom. The van der Waals surface area contributed by atoms with Gasteiger partial charge in [0, 0.05) is 32.9 Å². The number of aryl methyl sites for hydroxylation is 3. The third-order valence-electron chi connectivity index (χ3n) is 3.03. The Morgan fingerprint density at radius 1 is 1.41 bits per heavy atom. The fourth-order valence-electron chi connectivity index (χ4n) is 1.96. The molecule has 0 radical (unpaired) electrons. The lowest BCUT2D eigenvalue weighted by atomic mass is 10.1. The van der Waals surface area contributed by atoms with E-state index in [9.17, 15) is 0 Å². The highest BCUT2D eigenvalue weighted by Crippen LogP contribution is 2.15. The van der Waals surface area contributed by atoms with E-state index in [-0.39, 0.29) is 6.04 Å². The maximum absolute atomic E-state index is 6.21. The van der Waals surface area contributed by atoms with Crippen LogP contribution in [0.5, 0.6) is 0 Å². The Balaban J connectivity index is 2.17. The molecule has 0 aliphatic carbocycles. The van der Waals surface area contributed by atoms with Gasteiger partial charge in [-0.25, -0.2) is 4.98 Å². The van der Waals surface area contributed by atoms with Crippen LogP contribution in [0.1, 0.15) is 30.2 Å². The van der Waals surface area contributed by atoms with E-state index < -0.39 is 0 Å². The van der Waals surface area contributed by atoms with Crippen LogP contribution in [0.3, 0.4) is 0 Å². The van der Waals surface area contributed by atoms with Gasteiger partial charge in [-0.1, -0.05) is 6.92 Å². The van der Waals surface area contributed by atoms with Gasteiger partial charge in [-0.2, -0.15) is 5.10 Å². The molecule has 0 fully saturated rings. The third-order valence-corrected chi connectivity index (χ3v) is 3.03. The van der Waals surface area contributed by atoms with Crippen molar-refractivity contribution in [1.29, 1.82) is 0 Å². The summed E-state index contributed by atoms with van der Waals surface area (Å²) in [6.07, 6.45) is 5.39. The van der Waals surface area contributed by atoms with Gasteiger partial charge in [0.2, 0.25) is 0 Å². The second-order valence-electron chi connectivity index (χ2n) is 4.30. The van der Waals surface area contributed by atoms with Crippen LogP contribution in [0.4, 0.5) is 0 Å². The monoisotopic (exact) mass is 233 g/mol. The SMILES string of the molecule is CCc1cc(C(N)Cc2nccn2C)n(C)n1. The van der Waals surface area contributed by atoms with Crippen molar-refractivity contribution in [3.05, 3.63) is 35.7 Å². The molecule has 0 amide bonds. The van der Waals surface area contributed by atoms with E-state index in [1.165, 1.54) is 0 Å². The third kappa shape index (κ3) is 2.39. The zero-order chi connectivity index (χ0) is 12.4. The van der Waals surface area contributed by atoms with E-state index in [0.29, 0.717) is 0 Å². The molecule has 2 aromatic heterocycles. The highest BCUT2D eigenvalue weighted by molar-refractivity contribution is 5.15. The molecule has 17 heavy (non-hydrogen) atoms. The highest BCUT2D eigenvalue weighted by atomic mass is 15.3. The van der Waals surface area contributed by atoms with Crippen LogP contribution in [0.2, 0.25) is 0 Å².